The number of carbonyl (C=O) groups excluding carboxylic acids is 1. The van der Waals surface area contributed by atoms with Crippen LogP contribution in [-0.4, -0.2) is 22.0 Å². The number of fused-ring (bicyclic) bond motifs is 7. The number of carbonyl (C=O) groups is 2. The molecule has 5 nitrogen and oxygen atoms in total. The Morgan fingerprint density at radius 2 is 1.58 bits per heavy atom. The first-order chi connectivity index (χ1) is 22.7. The van der Waals surface area contributed by atoms with E-state index in [-0.39, 0.29) is 33.0 Å². The Kier molecular flexibility index (Phi) is 7.92. The topological polar surface area (TPSA) is 79.3 Å². The van der Waals surface area contributed by atoms with Crippen molar-refractivity contribution in [2.75, 3.05) is 0 Å². The molecule has 0 spiro atoms. The summed E-state index contributed by atoms with van der Waals surface area (Å²) >= 11 is 0. The molecule has 5 heteroatoms. The molecule has 0 radical (unpaired) electrons. The highest BCUT2D eigenvalue weighted by atomic mass is 16.4. The zero-order valence-corrected chi connectivity index (χ0v) is 30.1. The Hall–Kier alpha value is -3.21. The van der Waals surface area contributed by atoms with Gasteiger partial charge in [-0.15, -0.1) is 0 Å². The summed E-state index contributed by atoms with van der Waals surface area (Å²) in [5, 5.41) is 12.9. The Balaban J connectivity index is 1.20. The zero-order valence-electron chi connectivity index (χ0n) is 30.1. The smallest absolute Gasteiger partial charge is 0.335 e. The highest BCUT2D eigenvalue weighted by Crippen LogP contribution is 2.77. The van der Waals surface area contributed by atoms with E-state index < -0.39 is 5.97 Å². The fourth-order valence-electron chi connectivity index (χ4n) is 13.3. The van der Waals surface area contributed by atoms with Gasteiger partial charge in [0.15, 0.2) is 0 Å². The number of allylic oxidation sites excluding steroid dienone is 3. The molecule has 7 rings (SSSR count). The molecule has 5 aliphatic carbocycles. The molecule has 256 valence electrons. The van der Waals surface area contributed by atoms with Crippen LogP contribution >= 0.6 is 0 Å². The van der Waals surface area contributed by atoms with Gasteiger partial charge in [0.2, 0.25) is 5.91 Å². The summed E-state index contributed by atoms with van der Waals surface area (Å²) in [5.74, 6) is 1.82. The third-order valence-corrected chi connectivity index (χ3v) is 15.7. The van der Waals surface area contributed by atoms with Gasteiger partial charge in [0, 0.05) is 18.9 Å². The van der Waals surface area contributed by atoms with Crippen molar-refractivity contribution in [2.45, 2.75) is 106 Å². The summed E-state index contributed by atoms with van der Waals surface area (Å²) in [7, 11) is 0. The van der Waals surface area contributed by atoms with E-state index in [9.17, 15) is 14.7 Å². The van der Waals surface area contributed by atoms with Crippen molar-refractivity contribution in [1.82, 2.24) is 10.3 Å². The number of nitrogens with one attached hydrogen (secondary N) is 1. The molecule has 2 aromatic rings. The molecule has 1 aromatic carbocycles. The molecule has 0 saturated heterocycles. The molecule has 5 aliphatic rings. The maximum Gasteiger partial charge on any atom is 0.335 e. The Morgan fingerprint density at radius 1 is 0.875 bits per heavy atom. The van der Waals surface area contributed by atoms with E-state index in [0.717, 1.165) is 43.2 Å². The molecule has 1 amide bonds. The number of amides is 1. The molecular formula is C43H56N2O3. The summed E-state index contributed by atoms with van der Waals surface area (Å²) in [4.78, 5) is 30.1. The molecule has 4 fully saturated rings. The first-order valence-electron chi connectivity index (χ1n) is 18.6. The molecular weight excluding hydrogens is 592 g/mol. The van der Waals surface area contributed by atoms with Crippen LogP contribution in [0.3, 0.4) is 0 Å². The van der Waals surface area contributed by atoms with Gasteiger partial charge in [-0.3, -0.25) is 9.78 Å². The minimum Gasteiger partial charge on any atom is -0.478 e. The van der Waals surface area contributed by atoms with Crippen molar-refractivity contribution >= 4 is 17.4 Å². The first kappa shape index (κ1) is 33.3. The number of aromatic nitrogens is 1. The van der Waals surface area contributed by atoms with Crippen LogP contribution in [0.2, 0.25) is 0 Å². The second-order valence-corrected chi connectivity index (χ2v) is 17.8. The van der Waals surface area contributed by atoms with Crippen molar-refractivity contribution in [3.63, 3.8) is 0 Å². The fourth-order valence-corrected chi connectivity index (χ4v) is 13.3. The number of rotatable bonds is 6. The summed E-state index contributed by atoms with van der Waals surface area (Å²) in [6.07, 6.45) is 16.2. The third kappa shape index (κ3) is 4.65. The van der Waals surface area contributed by atoms with E-state index in [1.54, 1.807) is 24.5 Å². The van der Waals surface area contributed by atoms with Crippen LogP contribution < -0.4 is 5.32 Å². The lowest BCUT2D eigenvalue weighted by Gasteiger charge is -2.72. The predicted molar refractivity (Wildman–Crippen MR) is 192 cm³/mol. The van der Waals surface area contributed by atoms with Crippen molar-refractivity contribution in [3.8, 4) is 0 Å². The molecule has 2 N–H and O–H groups in total. The highest BCUT2D eigenvalue weighted by Gasteiger charge is 2.71. The number of aromatic carboxylic acids is 1. The van der Waals surface area contributed by atoms with E-state index in [1.165, 1.54) is 36.8 Å². The molecule has 0 bridgehead atoms. The van der Waals surface area contributed by atoms with Crippen molar-refractivity contribution in [1.29, 1.82) is 0 Å². The van der Waals surface area contributed by atoms with Gasteiger partial charge in [-0.2, -0.15) is 0 Å². The normalized spacial score (nSPS) is 39.5. The molecule has 9 unspecified atom stereocenters. The SMILES string of the molecule is C=C(C)C1CCC2(C(=O)NCc3ccncc3)CCC3(C)C(CCC4C5(C)CC=C(c6ccc(C(=O)O)cc6)C(C)(C)C5CCC43C)C12. The molecule has 4 saturated carbocycles. The van der Waals surface area contributed by atoms with Crippen LogP contribution in [0.1, 0.15) is 121 Å². The molecule has 1 aromatic heterocycles. The number of hydrogen-bond donors (Lipinski definition) is 2. The lowest BCUT2D eigenvalue weighted by atomic mass is 9.32. The van der Waals surface area contributed by atoms with Gasteiger partial charge in [-0.05, 0) is 157 Å². The van der Waals surface area contributed by atoms with E-state index in [1.807, 2.05) is 24.3 Å². The number of pyridine rings is 1. The summed E-state index contributed by atoms with van der Waals surface area (Å²) < 4.78 is 0. The fraction of sp³-hybridized carbons (Fsp3) is 0.605. The average Bonchev–Trinajstić information content (AvgIpc) is 3.46. The largest absolute Gasteiger partial charge is 0.478 e. The predicted octanol–water partition coefficient (Wildman–Crippen LogP) is 9.75. The van der Waals surface area contributed by atoms with Crippen LogP contribution in [0, 0.1) is 56.7 Å². The van der Waals surface area contributed by atoms with Crippen LogP contribution in [0.15, 0.2) is 67.0 Å². The van der Waals surface area contributed by atoms with Gasteiger partial charge in [0.25, 0.3) is 0 Å². The van der Waals surface area contributed by atoms with E-state index >= 15 is 0 Å². The second kappa shape index (κ2) is 11.4. The van der Waals surface area contributed by atoms with E-state index in [2.05, 4.69) is 64.5 Å². The summed E-state index contributed by atoms with van der Waals surface area (Å²) in [6.45, 7) is 20.1. The average molecular weight is 649 g/mol. The summed E-state index contributed by atoms with van der Waals surface area (Å²) in [6, 6.07) is 11.5. The molecule has 48 heavy (non-hydrogen) atoms. The molecule has 1 heterocycles. The van der Waals surface area contributed by atoms with Crippen LogP contribution in [-0.2, 0) is 11.3 Å². The van der Waals surface area contributed by atoms with E-state index in [4.69, 9.17) is 0 Å². The Labute approximate surface area is 288 Å². The van der Waals surface area contributed by atoms with Gasteiger partial charge in [-0.1, -0.05) is 65.0 Å². The number of carboxylic acids is 1. The first-order valence-corrected chi connectivity index (χ1v) is 18.6. The van der Waals surface area contributed by atoms with Crippen LogP contribution in [0.4, 0.5) is 0 Å². The molecule has 9 atom stereocenters. The highest BCUT2D eigenvalue weighted by molar-refractivity contribution is 5.88. The lowest BCUT2D eigenvalue weighted by molar-refractivity contribution is -0.225. The summed E-state index contributed by atoms with van der Waals surface area (Å²) in [5.41, 5.74) is 5.48. The second-order valence-electron chi connectivity index (χ2n) is 17.8. The Bertz CT molecular complexity index is 1640. The third-order valence-electron chi connectivity index (χ3n) is 15.7. The minimum absolute atomic E-state index is 0.0120. The number of carboxylic acid groups (broad SMARTS) is 1. The van der Waals surface area contributed by atoms with Crippen LogP contribution in [0.5, 0.6) is 0 Å². The van der Waals surface area contributed by atoms with Crippen LogP contribution in [0.25, 0.3) is 5.57 Å². The maximum absolute atomic E-state index is 14.4. The van der Waals surface area contributed by atoms with E-state index in [0.29, 0.717) is 41.7 Å². The van der Waals surface area contributed by atoms with Gasteiger partial charge >= 0.3 is 5.97 Å². The number of nitrogens with zero attached hydrogens (tertiary/aromatic N) is 1. The number of benzene rings is 1. The van der Waals surface area contributed by atoms with Crippen molar-refractivity contribution < 1.29 is 14.7 Å². The molecule has 0 aliphatic heterocycles. The monoisotopic (exact) mass is 648 g/mol. The van der Waals surface area contributed by atoms with Gasteiger partial charge in [0.05, 0.1) is 11.0 Å². The zero-order chi connectivity index (χ0) is 34.3. The van der Waals surface area contributed by atoms with Crippen molar-refractivity contribution in [2.24, 2.45) is 56.7 Å². The number of hydrogen-bond acceptors (Lipinski definition) is 3. The van der Waals surface area contributed by atoms with Gasteiger partial charge in [0.1, 0.15) is 0 Å². The minimum atomic E-state index is -0.876. The van der Waals surface area contributed by atoms with Gasteiger partial charge in [-0.25, -0.2) is 4.79 Å². The standard InChI is InChI=1S/C43H56N2O3/c1-27(2)31-14-21-43(38(48)45-26-28-17-24-44-25-18-28)23-22-41(6)33(36(31)43)12-13-35-40(5)19-15-32(29-8-10-30(11-9-29)37(46)47)39(3,4)34(40)16-20-42(35,41)7/h8-11,15,17-18,24-25,31,33-36H,1,12-14,16,19-23,26H2,2-7H3,(H,45,48)(H,46,47). The Morgan fingerprint density at radius 3 is 2.25 bits per heavy atom. The van der Waals surface area contributed by atoms with Crippen molar-refractivity contribution in [3.05, 3.63) is 83.7 Å². The quantitative estimate of drug-likeness (QED) is 0.306. The lowest BCUT2D eigenvalue weighted by Crippen LogP contribution is -2.66. The maximum atomic E-state index is 14.4. The van der Waals surface area contributed by atoms with Gasteiger partial charge < -0.3 is 10.4 Å².